The molecule has 0 saturated carbocycles. The van der Waals surface area contributed by atoms with E-state index in [1.807, 2.05) is 12.3 Å². The van der Waals surface area contributed by atoms with Crippen LogP contribution >= 0.6 is 0 Å². The van der Waals surface area contributed by atoms with Crippen LogP contribution in [0.5, 0.6) is 5.88 Å². The highest BCUT2D eigenvalue weighted by atomic mass is 32.2. The molecule has 200 valence electrons. The van der Waals surface area contributed by atoms with Crippen molar-refractivity contribution < 1.29 is 18.3 Å². The zero-order valence-electron chi connectivity index (χ0n) is 21.0. The molecule has 0 amide bonds. The van der Waals surface area contributed by atoms with Crippen LogP contribution in [0.25, 0.3) is 17.0 Å². The van der Waals surface area contributed by atoms with Crippen molar-refractivity contribution in [3.05, 3.63) is 65.5 Å². The molecular weight excluding hydrogens is 511 g/mol. The molecule has 5 rings (SSSR count). The van der Waals surface area contributed by atoms with Gasteiger partial charge in [-0.05, 0) is 34.9 Å². The van der Waals surface area contributed by atoms with Gasteiger partial charge in [-0.15, -0.1) is 5.10 Å². The first-order valence-electron chi connectivity index (χ1n) is 12.3. The second kappa shape index (κ2) is 11.6. The number of methoxy groups -OCH3 is 1. The van der Waals surface area contributed by atoms with Crippen molar-refractivity contribution in [2.75, 3.05) is 50.1 Å². The molecule has 1 fully saturated rings. The number of ether oxygens (including phenoxy) is 1. The molecule has 0 bridgehead atoms. The van der Waals surface area contributed by atoms with Gasteiger partial charge in [-0.3, -0.25) is 4.98 Å². The van der Waals surface area contributed by atoms with Gasteiger partial charge in [0.05, 0.1) is 25.5 Å². The van der Waals surface area contributed by atoms with Crippen molar-refractivity contribution >= 4 is 28.2 Å². The van der Waals surface area contributed by atoms with E-state index in [0.29, 0.717) is 73.0 Å². The lowest BCUT2D eigenvalue weighted by atomic mass is 10.3. The van der Waals surface area contributed by atoms with Gasteiger partial charge in [0.1, 0.15) is 24.3 Å². The third-order valence-corrected chi connectivity index (χ3v) is 7.68. The molecule has 4 aromatic heterocycles. The lowest BCUT2D eigenvalue weighted by Gasteiger charge is -2.45. The Bertz CT molecular complexity index is 1400. The maximum atomic E-state index is 14.4. The van der Waals surface area contributed by atoms with Crippen LogP contribution in [0.2, 0.25) is 0 Å². The summed E-state index contributed by atoms with van der Waals surface area (Å²) < 4.78 is 32.6. The number of rotatable bonds is 10. The molecule has 2 N–H and O–H groups in total. The van der Waals surface area contributed by atoms with Gasteiger partial charge >= 0.3 is 0 Å². The Labute approximate surface area is 222 Å². The molecule has 13 heteroatoms. The second-order valence-corrected chi connectivity index (χ2v) is 10.8. The topological polar surface area (TPSA) is 135 Å². The molecule has 5 heterocycles. The molecule has 1 aliphatic heterocycles. The second-order valence-electron chi connectivity index (χ2n) is 9.12. The lowest BCUT2D eigenvalue weighted by molar-refractivity contribution is -0.877. The van der Waals surface area contributed by atoms with E-state index in [1.54, 1.807) is 22.7 Å². The molecule has 0 aliphatic carbocycles. The fourth-order valence-corrected chi connectivity index (χ4v) is 5.58. The number of fused-ring (bicyclic) bond motifs is 1. The largest absolute Gasteiger partial charge is 0.633 e. The summed E-state index contributed by atoms with van der Waals surface area (Å²) in [5, 5.41) is 23.8. The van der Waals surface area contributed by atoms with Crippen molar-refractivity contribution in [3.63, 3.8) is 0 Å². The number of nitrogens with one attached hydrogen (secondary N) is 2. The normalized spacial score (nSPS) is 19.5. The summed E-state index contributed by atoms with van der Waals surface area (Å²) in [6.45, 7) is 2.59. The van der Waals surface area contributed by atoms with Crippen molar-refractivity contribution in [3.8, 4) is 17.4 Å². The average molecular weight is 541 g/mol. The number of hydrogen-bond acceptors (Lipinski definition) is 9. The van der Waals surface area contributed by atoms with E-state index < -0.39 is 17.0 Å². The van der Waals surface area contributed by atoms with Crippen LogP contribution in [-0.2, 0) is 17.7 Å². The van der Waals surface area contributed by atoms with Crippen molar-refractivity contribution in [1.82, 2.24) is 29.9 Å². The number of pyridine rings is 2. The number of nitrogens with zero attached hydrogens (tertiary/aromatic N) is 6. The van der Waals surface area contributed by atoms with Crippen molar-refractivity contribution in [2.24, 2.45) is 0 Å². The Hall–Kier alpha value is -3.36. The van der Waals surface area contributed by atoms with E-state index in [-0.39, 0.29) is 10.3 Å². The zero-order valence-corrected chi connectivity index (χ0v) is 21.8. The smallest absolute Gasteiger partial charge is 0.213 e. The first-order chi connectivity index (χ1) is 18.4. The quantitative estimate of drug-likeness (QED) is 0.135. The van der Waals surface area contributed by atoms with Crippen LogP contribution in [0.1, 0.15) is 12.0 Å². The van der Waals surface area contributed by atoms with Crippen molar-refractivity contribution in [2.45, 2.75) is 13.0 Å². The molecule has 0 unspecified atom stereocenters. The van der Waals surface area contributed by atoms with E-state index in [2.05, 4.69) is 30.7 Å². The summed E-state index contributed by atoms with van der Waals surface area (Å²) in [6.07, 6.45) is 5.24. The van der Waals surface area contributed by atoms with Crippen LogP contribution < -0.4 is 15.4 Å². The van der Waals surface area contributed by atoms with E-state index >= 15 is 0 Å². The monoisotopic (exact) mass is 540 g/mol. The Morgan fingerprint density at radius 2 is 2.05 bits per heavy atom. The minimum Gasteiger partial charge on any atom is -0.633 e. The highest BCUT2D eigenvalue weighted by Crippen LogP contribution is 2.26. The summed E-state index contributed by atoms with van der Waals surface area (Å²) in [5.74, 6) is 1.66. The fraction of sp³-hybridized carbons (Fsp3) is 0.360. The Morgan fingerprint density at radius 3 is 2.84 bits per heavy atom. The van der Waals surface area contributed by atoms with E-state index in [4.69, 9.17) is 4.74 Å². The zero-order chi connectivity index (χ0) is 26.5. The van der Waals surface area contributed by atoms with Gasteiger partial charge in [-0.1, -0.05) is 6.07 Å². The SMILES string of the molecule is COc1cccc(-c2nc(Nc3ccncc3F)c3cc(CNCCC[N+]4([O-])CC[S+]([O-])CC4)cn3n2)n1. The lowest BCUT2D eigenvalue weighted by Crippen LogP contribution is -2.53. The summed E-state index contributed by atoms with van der Waals surface area (Å²) in [5.41, 5.74) is 2.36. The van der Waals surface area contributed by atoms with Gasteiger partial charge in [0.2, 0.25) is 11.7 Å². The number of aromatic nitrogens is 5. The predicted octanol–water partition coefficient (Wildman–Crippen LogP) is 2.63. The molecule has 0 spiro atoms. The highest BCUT2D eigenvalue weighted by molar-refractivity contribution is 7.91. The van der Waals surface area contributed by atoms with Gasteiger partial charge in [-0.25, -0.2) is 18.9 Å². The van der Waals surface area contributed by atoms with Gasteiger partial charge in [0.25, 0.3) is 0 Å². The number of hydroxylamine groups is 3. The maximum Gasteiger partial charge on any atom is 0.213 e. The fourth-order valence-electron chi connectivity index (χ4n) is 4.31. The summed E-state index contributed by atoms with van der Waals surface area (Å²) in [6, 6.07) is 8.77. The molecular formula is C25H29FN8O3S. The number of quaternary nitrogens is 1. The van der Waals surface area contributed by atoms with Gasteiger partial charge in [0.15, 0.2) is 23.1 Å². The Kier molecular flexibility index (Phi) is 8.00. The minimum absolute atomic E-state index is 0.238. The molecule has 0 radical (unpaired) electrons. The van der Waals surface area contributed by atoms with Gasteiger partial charge in [-0.2, -0.15) is 0 Å². The Morgan fingerprint density at radius 1 is 1.21 bits per heavy atom. The van der Waals surface area contributed by atoms with Crippen LogP contribution in [0.3, 0.4) is 0 Å². The van der Waals surface area contributed by atoms with Gasteiger partial charge < -0.3 is 29.8 Å². The Balaban J connectivity index is 1.33. The van der Waals surface area contributed by atoms with E-state index in [9.17, 15) is 14.2 Å². The standard InChI is InChI=1S/C25H29FN8O3S/c1-37-23-5-2-4-21(29-23)24-31-25(30-20-6-8-28-16-19(20)26)22-14-18(17-33(22)32-24)15-27-7-3-9-34(35)10-12-38(36)13-11-34/h2,4-6,8,14,16-17,27H,3,7,9-13,15H2,1H3,(H,28,30,31,32). The average Bonchev–Trinajstić information content (AvgIpc) is 3.35. The summed E-state index contributed by atoms with van der Waals surface area (Å²) in [7, 11) is 1.54. The molecule has 0 aromatic carbocycles. The van der Waals surface area contributed by atoms with Crippen LogP contribution in [0, 0.1) is 11.0 Å². The molecule has 11 nitrogen and oxygen atoms in total. The molecule has 1 saturated heterocycles. The molecule has 0 atom stereocenters. The van der Waals surface area contributed by atoms with Crippen LogP contribution in [0.15, 0.2) is 48.9 Å². The third-order valence-electron chi connectivity index (χ3n) is 6.41. The first kappa shape index (κ1) is 26.3. The summed E-state index contributed by atoms with van der Waals surface area (Å²) in [4.78, 5) is 12.9. The molecule has 1 aliphatic rings. The van der Waals surface area contributed by atoms with Crippen LogP contribution in [0.4, 0.5) is 15.9 Å². The van der Waals surface area contributed by atoms with Gasteiger partial charge in [0, 0.05) is 38.0 Å². The number of anilines is 2. The highest BCUT2D eigenvalue weighted by Gasteiger charge is 2.27. The summed E-state index contributed by atoms with van der Waals surface area (Å²) >= 11 is -0.845. The molecule has 4 aromatic rings. The first-order valence-corrected chi connectivity index (χ1v) is 13.8. The van der Waals surface area contributed by atoms with Crippen molar-refractivity contribution in [1.29, 1.82) is 0 Å². The van der Waals surface area contributed by atoms with E-state index in [0.717, 1.165) is 18.2 Å². The van der Waals surface area contributed by atoms with Crippen LogP contribution in [-0.4, -0.2) is 78.6 Å². The number of hydrogen-bond donors (Lipinski definition) is 2. The number of halogens is 1. The van der Waals surface area contributed by atoms with E-state index in [1.165, 1.54) is 19.4 Å². The predicted molar refractivity (Wildman–Crippen MR) is 143 cm³/mol. The maximum absolute atomic E-state index is 14.4. The molecule has 38 heavy (non-hydrogen) atoms. The minimum atomic E-state index is -0.845. The third kappa shape index (κ3) is 6.19.